The van der Waals surface area contributed by atoms with Crippen LogP contribution in [0.1, 0.15) is 54.3 Å². The molecule has 7 heteroatoms. The van der Waals surface area contributed by atoms with Gasteiger partial charge in [-0.25, -0.2) is 0 Å². The summed E-state index contributed by atoms with van der Waals surface area (Å²) in [6.45, 7) is -0.00970. The van der Waals surface area contributed by atoms with E-state index in [0.717, 1.165) is 31.2 Å². The summed E-state index contributed by atoms with van der Waals surface area (Å²) < 4.78 is 5.75. The van der Waals surface area contributed by atoms with Gasteiger partial charge in [0.1, 0.15) is 36.1 Å². The van der Waals surface area contributed by atoms with Gasteiger partial charge in [0.05, 0.1) is 0 Å². The molecule has 158 valence electrons. The maximum atomic E-state index is 11.7. The zero-order valence-electron chi connectivity index (χ0n) is 16.5. The van der Waals surface area contributed by atoms with Crippen LogP contribution in [0.2, 0.25) is 0 Å². The average Bonchev–Trinajstić information content (AvgIpc) is 3.02. The largest absolute Gasteiger partial charge is 0.508 e. The number of carbonyl (C=O) groups is 2. The number of phenolic OH excluding ortho intramolecular Hbond substituents is 2. The van der Waals surface area contributed by atoms with Gasteiger partial charge in [0, 0.05) is 17.6 Å². The number of rotatable bonds is 7. The van der Waals surface area contributed by atoms with Gasteiger partial charge in [0.15, 0.2) is 0 Å². The highest BCUT2D eigenvalue weighted by Crippen LogP contribution is 2.43. The number of phenols is 2. The number of aliphatic carboxylic acids is 1. The Bertz CT molecular complexity index is 959. The van der Waals surface area contributed by atoms with Crippen molar-refractivity contribution >= 4 is 12.3 Å². The average molecular weight is 411 g/mol. The van der Waals surface area contributed by atoms with E-state index >= 15 is 0 Å². The molecule has 0 amide bonds. The molecule has 2 aliphatic rings. The van der Waals surface area contributed by atoms with E-state index in [1.165, 1.54) is 18.2 Å². The van der Waals surface area contributed by atoms with E-state index in [1.807, 2.05) is 6.07 Å². The first-order valence-electron chi connectivity index (χ1n) is 10.2. The fourth-order valence-corrected chi connectivity index (χ4v) is 4.72. The lowest BCUT2D eigenvalue weighted by atomic mass is 9.82. The molecular weight excluding hydrogens is 386 g/mol. The van der Waals surface area contributed by atoms with Crippen LogP contribution in [0.25, 0.3) is 0 Å². The SMILES string of the molecule is O=CC(C(=O)O)c1cc(OCc2cc(O)ccc2O)ccc1[C@H]1NC2CCCC1C2. The Hall–Kier alpha value is -3.06. The highest BCUT2D eigenvalue weighted by molar-refractivity contribution is 5.93. The van der Waals surface area contributed by atoms with Crippen LogP contribution in [0.15, 0.2) is 36.4 Å². The van der Waals surface area contributed by atoms with Gasteiger partial charge in [-0.15, -0.1) is 0 Å². The first kappa shape index (κ1) is 20.2. The van der Waals surface area contributed by atoms with Crippen molar-refractivity contribution in [2.75, 3.05) is 0 Å². The Morgan fingerprint density at radius 3 is 2.77 bits per heavy atom. The predicted octanol–water partition coefficient (Wildman–Crippen LogP) is 3.25. The van der Waals surface area contributed by atoms with Gasteiger partial charge in [0.25, 0.3) is 0 Å². The van der Waals surface area contributed by atoms with Crippen LogP contribution in [0.4, 0.5) is 0 Å². The lowest BCUT2D eigenvalue weighted by molar-refractivity contribution is -0.140. The van der Waals surface area contributed by atoms with Crippen molar-refractivity contribution < 1.29 is 29.6 Å². The second kappa shape index (κ2) is 8.36. The molecular formula is C23H25NO6. The molecule has 1 heterocycles. The van der Waals surface area contributed by atoms with Crippen LogP contribution in [-0.2, 0) is 16.2 Å². The molecule has 2 bridgehead atoms. The lowest BCUT2D eigenvalue weighted by Crippen LogP contribution is -2.25. The van der Waals surface area contributed by atoms with Gasteiger partial charge in [0.2, 0.25) is 0 Å². The molecule has 4 N–H and O–H groups in total. The van der Waals surface area contributed by atoms with E-state index in [1.54, 1.807) is 12.1 Å². The second-order valence-corrected chi connectivity index (χ2v) is 8.11. The predicted molar refractivity (Wildman–Crippen MR) is 109 cm³/mol. The van der Waals surface area contributed by atoms with Crippen LogP contribution in [0, 0.1) is 5.92 Å². The molecule has 0 radical (unpaired) electrons. The Kier molecular flexibility index (Phi) is 5.63. The number of ether oxygens (including phenoxy) is 1. The summed E-state index contributed by atoms with van der Waals surface area (Å²) in [4.78, 5) is 23.4. The first-order chi connectivity index (χ1) is 14.5. The Labute approximate surface area is 174 Å². The summed E-state index contributed by atoms with van der Waals surface area (Å²) in [5.41, 5.74) is 1.66. The highest BCUT2D eigenvalue weighted by atomic mass is 16.5. The zero-order valence-corrected chi connectivity index (χ0v) is 16.5. The van der Waals surface area contributed by atoms with E-state index < -0.39 is 11.9 Å². The van der Waals surface area contributed by atoms with Crippen LogP contribution < -0.4 is 10.1 Å². The molecule has 2 aromatic carbocycles. The van der Waals surface area contributed by atoms with Gasteiger partial charge in [-0.2, -0.15) is 0 Å². The van der Waals surface area contributed by atoms with E-state index in [4.69, 9.17) is 4.74 Å². The molecule has 2 aromatic rings. The van der Waals surface area contributed by atoms with Crippen molar-refractivity contribution in [3.05, 3.63) is 53.1 Å². The number of hydrogen-bond acceptors (Lipinski definition) is 6. The summed E-state index contributed by atoms with van der Waals surface area (Å²) in [5.74, 6) is -1.66. The molecule has 4 rings (SSSR count). The number of aldehydes is 1. The van der Waals surface area contributed by atoms with Crippen LogP contribution in [0.3, 0.4) is 0 Å². The molecule has 1 saturated carbocycles. The number of carboxylic acid groups (broad SMARTS) is 1. The highest BCUT2D eigenvalue weighted by Gasteiger charge is 2.39. The van der Waals surface area contributed by atoms with Crippen molar-refractivity contribution in [2.45, 2.75) is 50.3 Å². The number of carbonyl (C=O) groups excluding carboxylic acids is 1. The number of benzene rings is 2. The van der Waals surface area contributed by atoms with Gasteiger partial charge in [-0.05, 0) is 66.6 Å². The summed E-state index contributed by atoms with van der Waals surface area (Å²) in [6, 6.07) is 9.81. The molecule has 0 spiro atoms. The maximum Gasteiger partial charge on any atom is 0.318 e. The molecule has 1 saturated heterocycles. The number of carboxylic acids is 1. The molecule has 4 atom stereocenters. The first-order valence-corrected chi connectivity index (χ1v) is 10.2. The second-order valence-electron chi connectivity index (χ2n) is 8.11. The van der Waals surface area contributed by atoms with E-state index in [0.29, 0.717) is 35.1 Å². The topological polar surface area (TPSA) is 116 Å². The van der Waals surface area contributed by atoms with E-state index in [-0.39, 0.29) is 24.1 Å². The molecule has 2 fully saturated rings. The third kappa shape index (κ3) is 3.98. The van der Waals surface area contributed by atoms with E-state index in [2.05, 4.69) is 5.32 Å². The minimum absolute atomic E-state index is 0.00718. The van der Waals surface area contributed by atoms with Crippen LogP contribution in [-0.4, -0.2) is 33.6 Å². The summed E-state index contributed by atoms with van der Waals surface area (Å²) >= 11 is 0. The smallest absolute Gasteiger partial charge is 0.318 e. The van der Waals surface area contributed by atoms with Crippen LogP contribution >= 0.6 is 0 Å². The lowest BCUT2D eigenvalue weighted by Gasteiger charge is -2.24. The number of hydrogen-bond donors (Lipinski definition) is 4. The number of aromatic hydroxyl groups is 2. The minimum Gasteiger partial charge on any atom is -0.508 e. The molecule has 1 aliphatic carbocycles. The molecule has 3 unspecified atom stereocenters. The number of fused-ring (bicyclic) bond motifs is 2. The van der Waals surface area contributed by atoms with Gasteiger partial charge in [-0.3, -0.25) is 4.79 Å². The van der Waals surface area contributed by atoms with Crippen molar-refractivity contribution in [3.8, 4) is 17.2 Å². The van der Waals surface area contributed by atoms with Crippen LogP contribution in [0.5, 0.6) is 17.2 Å². The fraction of sp³-hybridized carbons (Fsp3) is 0.391. The molecule has 1 aliphatic heterocycles. The minimum atomic E-state index is -1.28. The molecule has 30 heavy (non-hydrogen) atoms. The standard InChI is InChI=1S/C23H25NO6/c25-11-20(23(28)29)19-10-17(30-12-14-9-16(26)4-7-21(14)27)5-6-18(19)22-13-2-1-3-15(8-13)24-22/h4-7,9-11,13,15,20,22,24,26-27H,1-3,8,12H2,(H,28,29)/t13?,15?,20?,22-/m0/s1. The van der Waals surface area contributed by atoms with Gasteiger partial charge >= 0.3 is 5.97 Å². The summed E-state index contributed by atoms with van der Waals surface area (Å²) in [7, 11) is 0. The molecule has 7 nitrogen and oxygen atoms in total. The van der Waals surface area contributed by atoms with Gasteiger partial charge < -0.3 is 30.2 Å². The number of nitrogens with one attached hydrogen (secondary N) is 1. The summed E-state index contributed by atoms with van der Waals surface area (Å²) in [5, 5.41) is 32.7. The van der Waals surface area contributed by atoms with Crippen molar-refractivity contribution in [2.24, 2.45) is 5.92 Å². The monoisotopic (exact) mass is 411 g/mol. The third-order valence-corrected chi connectivity index (χ3v) is 6.19. The molecule has 0 aromatic heterocycles. The zero-order chi connectivity index (χ0) is 21.3. The van der Waals surface area contributed by atoms with Crippen molar-refractivity contribution in [1.29, 1.82) is 0 Å². The maximum absolute atomic E-state index is 11.7. The summed E-state index contributed by atoms with van der Waals surface area (Å²) in [6.07, 6.45) is 4.87. The normalized spacial score (nSPS) is 23.7. The van der Waals surface area contributed by atoms with Crippen molar-refractivity contribution in [3.63, 3.8) is 0 Å². The quantitative estimate of drug-likeness (QED) is 0.314. The Morgan fingerprint density at radius 1 is 1.20 bits per heavy atom. The van der Waals surface area contributed by atoms with E-state index in [9.17, 15) is 24.9 Å². The Morgan fingerprint density at radius 2 is 2.03 bits per heavy atom. The Balaban J connectivity index is 1.64. The fourth-order valence-electron chi connectivity index (χ4n) is 4.72. The van der Waals surface area contributed by atoms with Crippen molar-refractivity contribution in [1.82, 2.24) is 5.32 Å². The van der Waals surface area contributed by atoms with Gasteiger partial charge in [-0.1, -0.05) is 12.5 Å². The third-order valence-electron chi connectivity index (χ3n) is 6.19.